The van der Waals surface area contributed by atoms with Crippen molar-refractivity contribution in [3.05, 3.63) is 58.4 Å². The monoisotopic (exact) mass is 287 g/mol. The standard InChI is InChI=1S/C14H14FN5O/c1-9(10-3-5-11(15)6-4-10)20-13(16-17-14(20)21)12-7-8-19(2)18-12/h3-9H,1-2H3,(H,17,21)/t9-/m1/s1. The third-order valence-corrected chi connectivity index (χ3v) is 3.39. The number of aromatic nitrogens is 5. The molecule has 0 radical (unpaired) electrons. The van der Waals surface area contributed by atoms with Gasteiger partial charge in [0.25, 0.3) is 0 Å². The molecule has 0 aliphatic carbocycles. The Bertz CT molecular complexity index is 815. The summed E-state index contributed by atoms with van der Waals surface area (Å²) in [5, 5.41) is 10.7. The van der Waals surface area contributed by atoms with Gasteiger partial charge in [-0.25, -0.2) is 14.3 Å². The fourth-order valence-corrected chi connectivity index (χ4v) is 2.27. The SMILES string of the molecule is C[C@H](c1ccc(F)cc1)n1c(-c2ccn(C)n2)n[nH]c1=O. The van der Waals surface area contributed by atoms with Crippen LogP contribution in [0.2, 0.25) is 0 Å². The molecule has 3 rings (SSSR count). The van der Waals surface area contributed by atoms with Gasteiger partial charge < -0.3 is 0 Å². The number of aryl methyl sites for hydroxylation is 1. The summed E-state index contributed by atoms with van der Waals surface area (Å²) in [5.41, 5.74) is 1.09. The molecule has 3 aromatic rings. The van der Waals surface area contributed by atoms with Gasteiger partial charge in [-0.15, -0.1) is 0 Å². The molecule has 6 nitrogen and oxygen atoms in total. The van der Waals surface area contributed by atoms with E-state index in [0.29, 0.717) is 11.5 Å². The van der Waals surface area contributed by atoms with Crippen LogP contribution in [0.15, 0.2) is 41.3 Å². The normalized spacial score (nSPS) is 12.5. The van der Waals surface area contributed by atoms with Crippen LogP contribution < -0.4 is 5.69 Å². The van der Waals surface area contributed by atoms with Gasteiger partial charge in [-0.05, 0) is 30.7 Å². The summed E-state index contributed by atoms with van der Waals surface area (Å²) in [6.45, 7) is 1.86. The second-order valence-corrected chi connectivity index (χ2v) is 4.82. The van der Waals surface area contributed by atoms with Gasteiger partial charge in [-0.1, -0.05) is 12.1 Å². The Kier molecular flexibility index (Phi) is 3.17. The first-order chi connectivity index (χ1) is 10.1. The lowest BCUT2D eigenvalue weighted by Gasteiger charge is -2.14. The van der Waals surface area contributed by atoms with Gasteiger partial charge in [0.1, 0.15) is 11.5 Å². The maximum atomic E-state index is 13.0. The summed E-state index contributed by atoms with van der Waals surface area (Å²) in [6.07, 6.45) is 1.78. The summed E-state index contributed by atoms with van der Waals surface area (Å²) in [5.74, 6) is 0.146. The molecule has 0 bridgehead atoms. The van der Waals surface area contributed by atoms with Gasteiger partial charge in [-0.2, -0.15) is 10.2 Å². The first-order valence-corrected chi connectivity index (χ1v) is 6.48. The highest BCUT2D eigenvalue weighted by Gasteiger charge is 2.19. The van der Waals surface area contributed by atoms with E-state index in [2.05, 4.69) is 15.3 Å². The highest BCUT2D eigenvalue weighted by atomic mass is 19.1. The van der Waals surface area contributed by atoms with Crippen LogP contribution in [0.5, 0.6) is 0 Å². The molecule has 108 valence electrons. The average Bonchev–Trinajstić information content (AvgIpc) is 3.05. The van der Waals surface area contributed by atoms with Gasteiger partial charge in [0, 0.05) is 13.2 Å². The van der Waals surface area contributed by atoms with Crippen molar-refractivity contribution in [2.45, 2.75) is 13.0 Å². The molecular formula is C14H14FN5O. The predicted octanol–water partition coefficient (Wildman–Crippen LogP) is 1.72. The van der Waals surface area contributed by atoms with Gasteiger partial charge in [0.15, 0.2) is 5.82 Å². The summed E-state index contributed by atoms with van der Waals surface area (Å²) in [6, 6.07) is 7.55. The van der Waals surface area contributed by atoms with Gasteiger partial charge in [-0.3, -0.25) is 9.25 Å². The number of H-pyrrole nitrogens is 1. The molecule has 0 unspecified atom stereocenters. The topological polar surface area (TPSA) is 68.5 Å². The van der Waals surface area contributed by atoms with Crippen LogP contribution in [-0.2, 0) is 7.05 Å². The minimum Gasteiger partial charge on any atom is -0.275 e. The smallest absolute Gasteiger partial charge is 0.275 e. The largest absolute Gasteiger partial charge is 0.344 e. The first kappa shape index (κ1) is 13.3. The summed E-state index contributed by atoms with van der Waals surface area (Å²) in [4.78, 5) is 12.0. The maximum absolute atomic E-state index is 13.0. The van der Waals surface area contributed by atoms with Crippen molar-refractivity contribution in [2.24, 2.45) is 7.05 Å². The van der Waals surface area contributed by atoms with Crippen LogP contribution in [0.1, 0.15) is 18.5 Å². The van der Waals surface area contributed by atoms with E-state index >= 15 is 0 Å². The molecule has 7 heteroatoms. The molecule has 21 heavy (non-hydrogen) atoms. The number of halogens is 1. The Balaban J connectivity index is 2.08. The minimum absolute atomic E-state index is 0.283. The number of benzene rings is 1. The van der Waals surface area contributed by atoms with E-state index in [-0.39, 0.29) is 17.5 Å². The van der Waals surface area contributed by atoms with Crippen LogP contribution >= 0.6 is 0 Å². The molecule has 0 fully saturated rings. The first-order valence-electron chi connectivity index (χ1n) is 6.48. The molecule has 0 spiro atoms. The second kappa shape index (κ2) is 5.01. The Hall–Kier alpha value is -2.70. The summed E-state index contributed by atoms with van der Waals surface area (Å²) in [7, 11) is 1.79. The van der Waals surface area contributed by atoms with E-state index in [1.807, 2.05) is 6.92 Å². The number of nitrogens with one attached hydrogen (secondary N) is 1. The minimum atomic E-state index is -0.326. The van der Waals surface area contributed by atoms with E-state index in [9.17, 15) is 9.18 Å². The van der Waals surface area contributed by atoms with Crippen molar-refractivity contribution in [1.82, 2.24) is 24.5 Å². The van der Waals surface area contributed by atoms with Gasteiger partial charge >= 0.3 is 5.69 Å². The lowest BCUT2D eigenvalue weighted by Crippen LogP contribution is -2.22. The van der Waals surface area contributed by atoms with E-state index in [0.717, 1.165) is 5.56 Å². The molecule has 0 saturated carbocycles. The number of hydrogen-bond acceptors (Lipinski definition) is 3. The zero-order valence-electron chi connectivity index (χ0n) is 11.6. The third kappa shape index (κ3) is 2.37. The van der Waals surface area contributed by atoms with Crippen molar-refractivity contribution in [1.29, 1.82) is 0 Å². The molecule has 1 atom stereocenters. The Labute approximate surface area is 119 Å². The lowest BCUT2D eigenvalue weighted by atomic mass is 10.1. The third-order valence-electron chi connectivity index (χ3n) is 3.39. The number of aromatic amines is 1. The molecule has 2 heterocycles. The molecule has 1 aromatic carbocycles. The van der Waals surface area contributed by atoms with Crippen LogP contribution in [0.3, 0.4) is 0 Å². The average molecular weight is 287 g/mol. The molecule has 1 N–H and O–H groups in total. The van der Waals surface area contributed by atoms with Gasteiger partial charge in [0.2, 0.25) is 0 Å². The van der Waals surface area contributed by atoms with Crippen molar-refractivity contribution >= 4 is 0 Å². The van der Waals surface area contributed by atoms with E-state index in [1.165, 1.54) is 16.7 Å². The highest BCUT2D eigenvalue weighted by Crippen LogP contribution is 2.22. The fourth-order valence-electron chi connectivity index (χ4n) is 2.27. The van der Waals surface area contributed by atoms with E-state index in [4.69, 9.17) is 0 Å². The maximum Gasteiger partial charge on any atom is 0.344 e. The molecule has 0 aliphatic rings. The Morgan fingerprint density at radius 1 is 1.24 bits per heavy atom. The van der Waals surface area contributed by atoms with E-state index < -0.39 is 0 Å². The number of hydrogen-bond donors (Lipinski definition) is 1. The zero-order chi connectivity index (χ0) is 15.0. The second-order valence-electron chi connectivity index (χ2n) is 4.82. The fraction of sp³-hybridized carbons (Fsp3) is 0.214. The van der Waals surface area contributed by atoms with Crippen molar-refractivity contribution in [2.75, 3.05) is 0 Å². The zero-order valence-corrected chi connectivity index (χ0v) is 11.6. The molecule has 0 aliphatic heterocycles. The van der Waals surface area contributed by atoms with Crippen molar-refractivity contribution in [3.63, 3.8) is 0 Å². The number of nitrogens with zero attached hydrogens (tertiary/aromatic N) is 4. The summed E-state index contributed by atoms with van der Waals surface area (Å²) < 4.78 is 16.2. The molecular weight excluding hydrogens is 273 g/mol. The van der Waals surface area contributed by atoms with Crippen LogP contribution in [0, 0.1) is 5.82 Å². The van der Waals surface area contributed by atoms with Gasteiger partial charge in [0.05, 0.1) is 6.04 Å². The van der Waals surface area contributed by atoms with Crippen molar-refractivity contribution < 1.29 is 4.39 Å². The molecule has 0 amide bonds. The molecule has 2 aromatic heterocycles. The predicted molar refractivity (Wildman–Crippen MR) is 75.3 cm³/mol. The Morgan fingerprint density at radius 3 is 2.57 bits per heavy atom. The molecule has 0 saturated heterocycles. The summed E-state index contributed by atoms with van der Waals surface area (Å²) >= 11 is 0. The van der Waals surface area contributed by atoms with Crippen LogP contribution in [-0.4, -0.2) is 24.5 Å². The Morgan fingerprint density at radius 2 is 1.95 bits per heavy atom. The van der Waals surface area contributed by atoms with Crippen LogP contribution in [0.4, 0.5) is 4.39 Å². The lowest BCUT2D eigenvalue weighted by molar-refractivity contribution is 0.607. The quantitative estimate of drug-likeness (QED) is 0.797. The number of rotatable bonds is 3. The van der Waals surface area contributed by atoms with Crippen LogP contribution in [0.25, 0.3) is 11.5 Å². The van der Waals surface area contributed by atoms with E-state index in [1.54, 1.807) is 36.1 Å². The highest BCUT2D eigenvalue weighted by molar-refractivity contribution is 5.48. The van der Waals surface area contributed by atoms with Crippen molar-refractivity contribution in [3.8, 4) is 11.5 Å².